The number of carbonyl (C=O) groups excluding carboxylic acids is 1. The molecule has 1 heterocycles. The number of rotatable bonds is 8. The van der Waals surface area contributed by atoms with Crippen molar-refractivity contribution in [1.29, 1.82) is 0 Å². The maximum atomic E-state index is 12.2. The molecule has 1 aromatic carbocycles. The van der Waals surface area contributed by atoms with Crippen molar-refractivity contribution in [2.24, 2.45) is 5.73 Å². The Morgan fingerprint density at radius 2 is 1.56 bits per heavy atom. The normalized spacial score (nSPS) is 14.6. The predicted octanol–water partition coefficient (Wildman–Crippen LogP) is 3.74. The summed E-state index contributed by atoms with van der Waals surface area (Å²) in [5.74, 6) is 0.309. The van der Waals surface area contributed by atoms with Crippen molar-refractivity contribution in [3.05, 3.63) is 34.9 Å². The van der Waals surface area contributed by atoms with E-state index in [4.69, 9.17) is 17.3 Å². The molecule has 1 aromatic rings. The third-order valence-electron chi connectivity index (χ3n) is 4.39. The van der Waals surface area contributed by atoms with E-state index in [1.54, 1.807) is 0 Å². The minimum atomic E-state index is 0. The van der Waals surface area contributed by atoms with Gasteiger partial charge in [0.2, 0.25) is 5.91 Å². The highest BCUT2D eigenvalue weighted by molar-refractivity contribution is 6.30. The van der Waals surface area contributed by atoms with E-state index in [-0.39, 0.29) is 24.8 Å². The van der Waals surface area contributed by atoms with Crippen molar-refractivity contribution in [3.63, 3.8) is 0 Å². The van der Waals surface area contributed by atoms with Crippen LogP contribution >= 0.6 is 36.4 Å². The van der Waals surface area contributed by atoms with Crippen LogP contribution in [0.5, 0.6) is 0 Å². The smallest absolute Gasteiger partial charge is 0.222 e. The molecular formula is C18H30Cl3N3O. The van der Waals surface area contributed by atoms with Crippen molar-refractivity contribution in [2.75, 3.05) is 32.7 Å². The molecule has 0 bridgehead atoms. The fraction of sp³-hybridized carbons (Fsp3) is 0.611. The van der Waals surface area contributed by atoms with Crippen LogP contribution in [-0.4, -0.2) is 48.4 Å². The van der Waals surface area contributed by atoms with Crippen LogP contribution in [0.2, 0.25) is 5.02 Å². The molecule has 1 fully saturated rings. The Hall–Kier alpha value is -0.520. The van der Waals surface area contributed by atoms with Crippen LogP contribution in [-0.2, 0) is 11.3 Å². The van der Waals surface area contributed by atoms with E-state index in [1.807, 2.05) is 17.0 Å². The number of hydrogen-bond donors (Lipinski definition) is 1. The Labute approximate surface area is 168 Å². The van der Waals surface area contributed by atoms with Crippen molar-refractivity contribution < 1.29 is 4.79 Å². The Morgan fingerprint density at radius 3 is 2.16 bits per heavy atom. The number of benzene rings is 1. The van der Waals surface area contributed by atoms with Gasteiger partial charge in [-0.1, -0.05) is 36.6 Å². The van der Waals surface area contributed by atoms with Gasteiger partial charge in [-0.3, -0.25) is 9.69 Å². The van der Waals surface area contributed by atoms with E-state index in [9.17, 15) is 4.79 Å². The summed E-state index contributed by atoms with van der Waals surface area (Å²) in [5, 5.41) is 0.774. The molecule has 1 saturated heterocycles. The van der Waals surface area contributed by atoms with Crippen LogP contribution in [0, 0.1) is 0 Å². The third kappa shape index (κ3) is 9.11. The molecule has 0 aromatic heterocycles. The molecule has 2 N–H and O–H groups in total. The molecule has 1 amide bonds. The maximum absolute atomic E-state index is 12.2. The van der Waals surface area contributed by atoms with Crippen molar-refractivity contribution in [1.82, 2.24) is 9.80 Å². The number of hydrogen-bond acceptors (Lipinski definition) is 3. The minimum absolute atomic E-state index is 0. The van der Waals surface area contributed by atoms with Crippen molar-refractivity contribution >= 4 is 42.3 Å². The SMILES string of the molecule is Cl.Cl.NCCCCCCC(=O)N1CCN(Cc2ccc(Cl)cc2)CC1. The van der Waals surface area contributed by atoms with Gasteiger partial charge in [-0.15, -0.1) is 24.8 Å². The number of halogens is 3. The molecule has 1 aliphatic heterocycles. The Kier molecular flexibility index (Phi) is 13.4. The second kappa shape index (κ2) is 13.7. The van der Waals surface area contributed by atoms with E-state index in [0.717, 1.165) is 70.0 Å². The predicted molar refractivity (Wildman–Crippen MR) is 110 cm³/mol. The largest absolute Gasteiger partial charge is 0.340 e. The van der Waals surface area contributed by atoms with Gasteiger partial charge < -0.3 is 10.6 Å². The van der Waals surface area contributed by atoms with Crippen LogP contribution < -0.4 is 5.73 Å². The summed E-state index contributed by atoms with van der Waals surface area (Å²) in [4.78, 5) is 16.6. The molecular weight excluding hydrogens is 381 g/mol. The Morgan fingerprint density at radius 1 is 0.960 bits per heavy atom. The van der Waals surface area contributed by atoms with Crippen molar-refractivity contribution in [2.45, 2.75) is 38.6 Å². The van der Waals surface area contributed by atoms with Gasteiger partial charge in [0.1, 0.15) is 0 Å². The molecule has 7 heteroatoms. The van der Waals surface area contributed by atoms with Gasteiger partial charge in [0.05, 0.1) is 0 Å². The number of piperazine rings is 1. The van der Waals surface area contributed by atoms with Gasteiger partial charge >= 0.3 is 0 Å². The molecule has 25 heavy (non-hydrogen) atoms. The topological polar surface area (TPSA) is 49.6 Å². The number of nitrogens with zero attached hydrogens (tertiary/aromatic N) is 2. The second-order valence-corrected chi connectivity index (χ2v) is 6.67. The molecule has 0 unspecified atom stereocenters. The van der Waals surface area contributed by atoms with Crippen LogP contribution in [0.3, 0.4) is 0 Å². The van der Waals surface area contributed by atoms with E-state index in [1.165, 1.54) is 5.56 Å². The van der Waals surface area contributed by atoms with Gasteiger partial charge in [-0.2, -0.15) is 0 Å². The van der Waals surface area contributed by atoms with Gasteiger partial charge in [-0.25, -0.2) is 0 Å². The van der Waals surface area contributed by atoms with Crippen LogP contribution in [0.15, 0.2) is 24.3 Å². The fourth-order valence-electron chi connectivity index (χ4n) is 2.94. The molecule has 4 nitrogen and oxygen atoms in total. The van der Waals surface area contributed by atoms with Crippen LogP contribution in [0.1, 0.15) is 37.7 Å². The van der Waals surface area contributed by atoms with Crippen molar-refractivity contribution in [3.8, 4) is 0 Å². The molecule has 0 spiro atoms. The van der Waals surface area contributed by atoms with E-state index in [0.29, 0.717) is 12.3 Å². The maximum Gasteiger partial charge on any atom is 0.222 e. The fourth-order valence-corrected chi connectivity index (χ4v) is 3.06. The molecule has 2 rings (SSSR count). The first kappa shape index (κ1) is 24.5. The second-order valence-electron chi connectivity index (χ2n) is 6.24. The highest BCUT2D eigenvalue weighted by atomic mass is 35.5. The lowest BCUT2D eigenvalue weighted by molar-refractivity contribution is -0.133. The zero-order valence-electron chi connectivity index (χ0n) is 14.7. The lowest BCUT2D eigenvalue weighted by Crippen LogP contribution is -2.48. The first-order valence-electron chi connectivity index (χ1n) is 8.63. The first-order valence-corrected chi connectivity index (χ1v) is 9.01. The zero-order chi connectivity index (χ0) is 16.5. The lowest BCUT2D eigenvalue weighted by Gasteiger charge is -2.34. The summed E-state index contributed by atoms with van der Waals surface area (Å²) in [6, 6.07) is 8.01. The lowest BCUT2D eigenvalue weighted by atomic mass is 10.1. The number of amides is 1. The minimum Gasteiger partial charge on any atom is -0.340 e. The molecule has 0 atom stereocenters. The van der Waals surface area contributed by atoms with Crippen LogP contribution in [0.25, 0.3) is 0 Å². The third-order valence-corrected chi connectivity index (χ3v) is 4.64. The highest BCUT2D eigenvalue weighted by Gasteiger charge is 2.20. The number of nitrogens with two attached hydrogens (primary N) is 1. The quantitative estimate of drug-likeness (QED) is 0.664. The molecule has 0 radical (unpaired) electrons. The Balaban J connectivity index is 0.00000288. The number of carbonyl (C=O) groups is 1. The average molecular weight is 411 g/mol. The summed E-state index contributed by atoms with van der Waals surface area (Å²) in [5.41, 5.74) is 6.75. The summed E-state index contributed by atoms with van der Waals surface area (Å²) in [7, 11) is 0. The molecule has 0 saturated carbocycles. The zero-order valence-corrected chi connectivity index (χ0v) is 17.1. The average Bonchev–Trinajstić information content (AvgIpc) is 2.57. The molecule has 144 valence electrons. The van der Waals surface area contributed by atoms with Crippen LogP contribution in [0.4, 0.5) is 0 Å². The molecule has 0 aliphatic carbocycles. The van der Waals surface area contributed by atoms with Gasteiger partial charge in [0.15, 0.2) is 0 Å². The first-order chi connectivity index (χ1) is 11.2. The van der Waals surface area contributed by atoms with Gasteiger partial charge in [0.25, 0.3) is 0 Å². The number of unbranched alkanes of at least 4 members (excludes halogenated alkanes) is 3. The van der Waals surface area contributed by atoms with E-state index < -0.39 is 0 Å². The van der Waals surface area contributed by atoms with E-state index >= 15 is 0 Å². The Bertz CT molecular complexity index is 477. The van der Waals surface area contributed by atoms with E-state index in [2.05, 4.69) is 17.0 Å². The monoisotopic (exact) mass is 409 g/mol. The highest BCUT2D eigenvalue weighted by Crippen LogP contribution is 2.14. The van der Waals surface area contributed by atoms with Gasteiger partial charge in [-0.05, 0) is 37.1 Å². The summed E-state index contributed by atoms with van der Waals surface area (Å²) >= 11 is 5.91. The summed E-state index contributed by atoms with van der Waals surface area (Å²) in [6.45, 7) is 5.26. The molecule has 1 aliphatic rings. The summed E-state index contributed by atoms with van der Waals surface area (Å²) in [6.07, 6.45) is 4.99. The summed E-state index contributed by atoms with van der Waals surface area (Å²) < 4.78 is 0. The van der Waals surface area contributed by atoms with Gasteiger partial charge in [0, 0.05) is 44.2 Å². The standard InChI is InChI=1S/C18H28ClN3O.2ClH/c19-17-8-6-16(7-9-17)15-21-11-13-22(14-12-21)18(23)5-3-1-2-4-10-20;;/h6-9H,1-5,10-15,20H2;2*1H.